The van der Waals surface area contributed by atoms with Crippen LogP contribution in [-0.4, -0.2) is 43.1 Å². The fourth-order valence-electron chi connectivity index (χ4n) is 3.00. The Morgan fingerprint density at radius 1 is 1.15 bits per heavy atom. The number of carbonyl (C=O) groups excluding carboxylic acids is 1. The van der Waals surface area contributed by atoms with Crippen LogP contribution in [0.1, 0.15) is 37.3 Å². The van der Waals surface area contributed by atoms with Crippen molar-refractivity contribution in [3.63, 3.8) is 0 Å². The zero-order valence-electron chi connectivity index (χ0n) is 16.1. The highest BCUT2D eigenvalue weighted by Gasteiger charge is 2.19. The first-order valence-electron chi connectivity index (χ1n) is 8.97. The second-order valence-corrected chi connectivity index (χ2v) is 6.29. The van der Waals surface area contributed by atoms with Crippen molar-refractivity contribution in [3.05, 3.63) is 53.9 Å². The molecular formula is C21H28N2O3. The zero-order chi connectivity index (χ0) is 18.9. The molecule has 0 aliphatic heterocycles. The maximum Gasteiger partial charge on any atom is 0.223 e. The number of hydrogen-bond donors (Lipinski definition) is 0. The molecule has 2 aromatic rings. The van der Waals surface area contributed by atoms with Crippen LogP contribution in [0.4, 0.5) is 0 Å². The van der Waals surface area contributed by atoms with E-state index in [4.69, 9.17) is 9.47 Å². The number of methoxy groups -OCH3 is 2. The number of amides is 1. The van der Waals surface area contributed by atoms with Gasteiger partial charge in [-0.2, -0.15) is 0 Å². The average Bonchev–Trinajstić information content (AvgIpc) is 2.68. The van der Waals surface area contributed by atoms with Gasteiger partial charge < -0.3 is 14.4 Å². The number of rotatable bonds is 9. The molecular weight excluding hydrogens is 328 g/mol. The summed E-state index contributed by atoms with van der Waals surface area (Å²) in [6.45, 7) is 5.49. The molecule has 0 spiro atoms. The van der Waals surface area contributed by atoms with Crippen molar-refractivity contribution in [2.45, 2.75) is 32.6 Å². The van der Waals surface area contributed by atoms with E-state index < -0.39 is 0 Å². The quantitative estimate of drug-likeness (QED) is 0.688. The number of ether oxygens (including phenoxy) is 2. The van der Waals surface area contributed by atoms with Crippen LogP contribution < -0.4 is 9.47 Å². The second-order valence-electron chi connectivity index (χ2n) is 6.29. The molecule has 0 saturated heterocycles. The highest BCUT2D eigenvalue weighted by Crippen LogP contribution is 2.32. The molecule has 0 aliphatic carbocycles. The molecule has 1 aromatic carbocycles. The summed E-state index contributed by atoms with van der Waals surface area (Å²) in [4.78, 5) is 18.7. The van der Waals surface area contributed by atoms with E-state index in [0.29, 0.717) is 19.5 Å². The molecule has 140 valence electrons. The van der Waals surface area contributed by atoms with E-state index in [2.05, 4.69) is 11.9 Å². The molecule has 26 heavy (non-hydrogen) atoms. The lowest BCUT2D eigenvalue weighted by Gasteiger charge is -2.23. The number of aromatic nitrogens is 1. The Kier molecular flexibility index (Phi) is 7.45. The average molecular weight is 356 g/mol. The van der Waals surface area contributed by atoms with E-state index in [1.165, 1.54) is 5.56 Å². The van der Waals surface area contributed by atoms with Crippen molar-refractivity contribution in [1.29, 1.82) is 0 Å². The van der Waals surface area contributed by atoms with Crippen LogP contribution in [0.25, 0.3) is 0 Å². The fraction of sp³-hybridized carbons (Fsp3) is 0.429. The van der Waals surface area contributed by atoms with Crippen LogP contribution in [0, 0.1) is 0 Å². The molecule has 0 bridgehead atoms. The first kappa shape index (κ1) is 19.8. The Hall–Kier alpha value is -2.56. The monoisotopic (exact) mass is 356 g/mol. The first-order chi connectivity index (χ1) is 12.6. The normalized spacial score (nSPS) is 11.7. The van der Waals surface area contributed by atoms with Gasteiger partial charge in [-0.3, -0.25) is 9.78 Å². The van der Waals surface area contributed by atoms with Gasteiger partial charge in [-0.1, -0.05) is 13.0 Å². The molecule has 1 heterocycles. The van der Waals surface area contributed by atoms with Gasteiger partial charge in [0.2, 0.25) is 5.91 Å². The molecule has 0 fully saturated rings. The number of nitrogens with zero attached hydrogens (tertiary/aromatic N) is 2. The largest absolute Gasteiger partial charge is 0.497 e. The van der Waals surface area contributed by atoms with E-state index in [0.717, 1.165) is 23.5 Å². The van der Waals surface area contributed by atoms with Crippen molar-refractivity contribution >= 4 is 5.91 Å². The van der Waals surface area contributed by atoms with Gasteiger partial charge in [0.1, 0.15) is 11.5 Å². The molecule has 5 nitrogen and oxygen atoms in total. The molecule has 1 aromatic heterocycles. The van der Waals surface area contributed by atoms with Crippen molar-refractivity contribution in [1.82, 2.24) is 9.88 Å². The second kappa shape index (κ2) is 9.80. The molecule has 0 saturated carbocycles. The Morgan fingerprint density at radius 2 is 1.88 bits per heavy atom. The summed E-state index contributed by atoms with van der Waals surface area (Å²) in [5.74, 6) is 1.73. The topological polar surface area (TPSA) is 51.7 Å². The van der Waals surface area contributed by atoms with Gasteiger partial charge in [-0.05, 0) is 48.6 Å². The Morgan fingerprint density at radius 3 is 2.50 bits per heavy atom. The molecule has 0 aliphatic rings. The van der Waals surface area contributed by atoms with Gasteiger partial charge in [0.25, 0.3) is 0 Å². The summed E-state index contributed by atoms with van der Waals surface area (Å²) >= 11 is 0. The van der Waals surface area contributed by atoms with E-state index in [9.17, 15) is 4.79 Å². The van der Waals surface area contributed by atoms with Gasteiger partial charge >= 0.3 is 0 Å². The molecule has 2 rings (SSSR count). The minimum Gasteiger partial charge on any atom is -0.497 e. The zero-order valence-corrected chi connectivity index (χ0v) is 16.1. The van der Waals surface area contributed by atoms with Crippen molar-refractivity contribution in [2.24, 2.45) is 0 Å². The molecule has 5 heteroatoms. The van der Waals surface area contributed by atoms with Crippen LogP contribution in [0.5, 0.6) is 11.5 Å². The summed E-state index contributed by atoms with van der Waals surface area (Å²) < 4.78 is 10.7. The Balaban J connectivity index is 2.00. The third kappa shape index (κ3) is 5.22. The van der Waals surface area contributed by atoms with Crippen LogP contribution in [0.3, 0.4) is 0 Å². The number of likely N-dealkylation sites (N-methyl/N-ethyl adjacent to an activating group) is 1. The van der Waals surface area contributed by atoms with Crippen LogP contribution in [0.15, 0.2) is 42.7 Å². The van der Waals surface area contributed by atoms with Gasteiger partial charge in [0.15, 0.2) is 0 Å². The third-order valence-corrected chi connectivity index (χ3v) is 4.61. The molecule has 0 radical (unpaired) electrons. The smallest absolute Gasteiger partial charge is 0.223 e. The summed E-state index contributed by atoms with van der Waals surface area (Å²) in [5.41, 5.74) is 2.21. The number of hydrogen-bond acceptors (Lipinski definition) is 4. The van der Waals surface area contributed by atoms with E-state index in [1.54, 1.807) is 26.6 Å². The van der Waals surface area contributed by atoms with E-state index >= 15 is 0 Å². The standard InChI is InChI=1S/C21H28N2O3/c1-5-23(13-10-17-8-11-22-12-9-17)21(24)14-16(2)19-7-6-18(25-3)15-20(19)26-4/h6-9,11-12,15-16H,5,10,13-14H2,1-4H3. The minimum atomic E-state index is 0.0679. The fourth-order valence-corrected chi connectivity index (χ4v) is 3.00. The summed E-state index contributed by atoms with van der Waals surface area (Å²) in [6, 6.07) is 9.71. The SMILES string of the molecule is CCN(CCc1ccncc1)C(=O)CC(C)c1ccc(OC)cc1OC. The maximum absolute atomic E-state index is 12.8. The number of benzene rings is 1. The van der Waals surface area contributed by atoms with E-state index in [1.807, 2.05) is 42.2 Å². The Labute approximate surface area is 156 Å². The highest BCUT2D eigenvalue weighted by molar-refractivity contribution is 5.77. The summed E-state index contributed by atoms with van der Waals surface area (Å²) in [7, 11) is 3.27. The van der Waals surface area contributed by atoms with Crippen LogP contribution in [0.2, 0.25) is 0 Å². The third-order valence-electron chi connectivity index (χ3n) is 4.61. The minimum absolute atomic E-state index is 0.0679. The van der Waals surface area contributed by atoms with Gasteiger partial charge in [-0.25, -0.2) is 0 Å². The predicted octanol–water partition coefficient (Wildman–Crippen LogP) is 3.68. The molecule has 1 atom stereocenters. The maximum atomic E-state index is 12.8. The number of carbonyl (C=O) groups is 1. The van der Waals surface area contributed by atoms with Gasteiger partial charge in [-0.15, -0.1) is 0 Å². The summed E-state index contributed by atoms with van der Waals surface area (Å²) in [5, 5.41) is 0. The Bertz CT molecular complexity index is 704. The lowest BCUT2D eigenvalue weighted by atomic mass is 9.96. The first-order valence-corrected chi connectivity index (χ1v) is 8.97. The van der Waals surface area contributed by atoms with Crippen LogP contribution in [-0.2, 0) is 11.2 Å². The lowest BCUT2D eigenvalue weighted by molar-refractivity contribution is -0.131. The van der Waals surface area contributed by atoms with Gasteiger partial charge in [0.05, 0.1) is 14.2 Å². The lowest BCUT2D eigenvalue weighted by Crippen LogP contribution is -2.33. The molecule has 1 unspecified atom stereocenters. The summed E-state index contributed by atoms with van der Waals surface area (Å²) in [6.07, 6.45) is 4.85. The molecule has 0 N–H and O–H groups in total. The number of pyridine rings is 1. The van der Waals surface area contributed by atoms with Gasteiger partial charge in [0, 0.05) is 38.0 Å². The molecule has 1 amide bonds. The van der Waals surface area contributed by atoms with Crippen molar-refractivity contribution < 1.29 is 14.3 Å². The van der Waals surface area contributed by atoms with Crippen molar-refractivity contribution in [3.8, 4) is 11.5 Å². The highest BCUT2D eigenvalue weighted by atomic mass is 16.5. The van der Waals surface area contributed by atoms with Crippen LogP contribution >= 0.6 is 0 Å². The van der Waals surface area contributed by atoms with E-state index in [-0.39, 0.29) is 11.8 Å². The predicted molar refractivity (Wildman–Crippen MR) is 103 cm³/mol. The van der Waals surface area contributed by atoms with Crippen molar-refractivity contribution in [2.75, 3.05) is 27.3 Å².